The monoisotopic (exact) mass is 245 g/mol. The molecule has 5 nitrogen and oxygen atoms in total. The highest BCUT2D eigenvalue weighted by Crippen LogP contribution is 2.16. The molecule has 1 N–H and O–H groups in total. The number of hydrogen-bond acceptors (Lipinski definition) is 4. The van der Waals surface area contributed by atoms with Crippen molar-refractivity contribution in [3.8, 4) is 0 Å². The highest BCUT2D eigenvalue weighted by Gasteiger charge is 2.14. The van der Waals surface area contributed by atoms with E-state index in [-0.39, 0.29) is 6.04 Å². The highest BCUT2D eigenvalue weighted by atomic mass is 15.1. The minimum Gasteiger partial charge on any atom is -0.338 e. The van der Waals surface area contributed by atoms with Crippen LogP contribution in [0.15, 0.2) is 30.9 Å². The van der Waals surface area contributed by atoms with Gasteiger partial charge in [0.15, 0.2) is 0 Å². The van der Waals surface area contributed by atoms with Crippen molar-refractivity contribution in [1.82, 2.24) is 25.1 Å². The number of imidazole rings is 1. The molecule has 0 aromatic carbocycles. The number of aryl methyl sites for hydroxylation is 1. The zero-order chi connectivity index (χ0) is 12.8. The van der Waals surface area contributed by atoms with Crippen LogP contribution in [0.5, 0.6) is 0 Å². The number of hydrogen-bond donors (Lipinski definition) is 1. The van der Waals surface area contributed by atoms with Crippen molar-refractivity contribution in [2.24, 2.45) is 7.05 Å². The molecule has 2 heterocycles. The normalized spacial score (nSPS) is 12.6. The first-order valence-electron chi connectivity index (χ1n) is 6.27. The summed E-state index contributed by atoms with van der Waals surface area (Å²) in [4.78, 5) is 4.38. The Kier molecular flexibility index (Phi) is 4.41. The molecule has 0 aliphatic carbocycles. The summed E-state index contributed by atoms with van der Waals surface area (Å²) in [5, 5.41) is 11.3. The largest absolute Gasteiger partial charge is 0.338 e. The second kappa shape index (κ2) is 6.26. The van der Waals surface area contributed by atoms with Crippen molar-refractivity contribution in [3.05, 3.63) is 42.2 Å². The van der Waals surface area contributed by atoms with E-state index in [0.717, 1.165) is 30.8 Å². The van der Waals surface area contributed by atoms with Crippen LogP contribution in [0.1, 0.15) is 30.8 Å². The molecule has 18 heavy (non-hydrogen) atoms. The van der Waals surface area contributed by atoms with Gasteiger partial charge in [-0.1, -0.05) is 6.92 Å². The maximum absolute atomic E-state index is 4.38. The van der Waals surface area contributed by atoms with Crippen LogP contribution in [-0.2, 0) is 13.5 Å². The average Bonchev–Trinajstić information content (AvgIpc) is 2.81. The highest BCUT2D eigenvalue weighted by molar-refractivity contribution is 5.14. The van der Waals surface area contributed by atoms with Gasteiger partial charge in [-0.2, -0.15) is 10.2 Å². The molecule has 2 rings (SSSR count). The molecule has 0 aliphatic rings. The number of nitrogens with zero attached hydrogens (tertiary/aromatic N) is 4. The molecular formula is C13H19N5. The summed E-state index contributed by atoms with van der Waals surface area (Å²) in [6, 6.07) is 2.24. The summed E-state index contributed by atoms with van der Waals surface area (Å²) in [6.45, 7) is 3.15. The summed E-state index contributed by atoms with van der Waals surface area (Å²) < 4.78 is 2.05. The zero-order valence-electron chi connectivity index (χ0n) is 10.9. The van der Waals surface area contributed by atoms with Crippen molar-refractivity contribution >= 4 is 0 Å². The first-order valence-corrected chi connectivity index (χ1v) is 6.27. The van der Waals surface area contributed by atoms with Gasteiger partial charge in [0.1, 0.15) is 5.82 Å². The first-order chi connectivity index (χ1) is 8.81. The summed E-state index contributed by atoms with van der Waals surface area (Å²) in [6.07, 6.45) is 9.31. The van der Waals surface area contributed by atoms with Crippen LogP contribution in [0.2, 0.25) is 0 Å². The lowest BCUT2D eigenvalue weighted by Gasteiger charge is -2.18. The van der Waals surface area contributed by atoms with Crippen molar-refractivity contribution in [2.45, 2.75) is 25.8 Å². The maximum Gasteiger partial charge on any atom is 0.110 e. The predicted molar refractivity (Wildman–Crippen MR) is 70.0 cm³/mol. The van der Waals surface area contributed by atoms with Crippen LogP contribution in [0.3, 0.4) is 0 Å². The van der Waals surface area contributed by atoms with Crippen LogP contribution in [-0.4, -0.2) is 26.3 Å². The molecule has 2 aromatic rings. The van der Waals surface area contributed by atoms with Gasteiger partial charge in [-0.05, 0) is 24.6 Å². The van der Waals surface area contributed by atoms with Gasteiger partial charge in [-0.25, -0.2) is 4.98 Å². The summed E-state index contributed by atoms with van der Waals surface area (Å²) in [7, 11) is 2.02. The lowest BCUT2D eigenvalue weighted by molar-refractivity contribution is 0.509. The van der Waals surface area contributed by atoms with Gasteiger partial charge in [-0.3, -0.25) is 0 Å². The third kappa shape index (κ3) is 3.13. The van der Waals surface area contributed by atoms with Gasteiger partial charge < -0.3 is 9.88 Å². The molecule has 1 unspecified atom stereocenters. The fourth-order valence-electron chi connectivity index (χ4n) is 1.91. The van der Waals surface area contributed by atoms with Crippen LogP contribution < -0.4 is 5.32 Å². The van der Waals surface area contributed by atoms with Gasteiger partial charge in [0, 0.05) is 38.1 Å². The summed E-state index contributed by atoms with van der Waals surface area (Å²) in [5.74, 6) is 1.07. The number of nitrogens with one attached hydrogen (secondary N) is 1. The standard InChI is InChI=1S/C13H19N5/c1-3-5-14-12(11-4-6-16-17-10-11)9-13-15-7-8-18(13)2/h4,6-8,10,12,14H,3,5,9H2,1-2H3. The predicted octanol–water partition coefficient (Wildman–Crippen LogP) is 1.49. The molecule has 0 amide bonds. The second-order valence-corrected chi connectivity index (χ2v) is 4.34. The Morgan fingerprint density at radius 3 is 2.83 bits per heavy atom. The molecule has 0 spiro atoms. The van der Waals surface area contributed by atoms with Gasteiger partial charge in [0.2, 0.25) is 0 Å². The van der Waals surface area contributed by atoms with Crippen molar-refractivity contribution < 1.29 is 0 Å². The first kappa shape index (κ1) is 12.7. The summed E-state index contributed by atoms with van der Waals surface area (Å²) in [5.41, 5.74) is 1.15. The minimum absolute atomic E-state index is 0.238. The van der Waals surface area contributed by atoms with Crippen molar-refractivity contribution in [1.29, 1.82) is 0 Å². The molecule has 0 saturated heterocycles. The van der Waals surface area contributed by atoms with Crippen molar-refractivity contribution in [3.63, 3.8) is 0 Å². The molecule has 5 heteroatoms. The Morgan fingerprint density at radius 2 is 2.22 bits per heavy atom. The third-order valence-corrected chi connectivity index (χ3v) is 2.96. The van der Waals surface area contributed by atoms with Gasteiger partial charge in [-0.15, -0.1) is 0 Å². The number of rotatable bonds is 6. The van der Waals surface area contributed by atoms with E-state index in [9.17, 15) is 0 Å². The molecule has 0 saturated carbocycles. The summed E-state index contributed by atoms with van der Waals surface area (Å²) >= 11 is 0. The maximum atomic E-state index is 4.38. The molecule has 96 valence electrons. The molecule has 0 fully saturated rings. The van der Waals surface area contributed by atoms with Crippen LogP contribution in [0, 0.1) is 0 Å². The number of aromatic nitrogens is 4. The van der Waals surface area contributed by atoms with E-state index in [2.05, 4.69) is 32.0 Å². The molecular weight excluding hydrogens is 226 g/mol. The fraction of sp³-hybridized carbons (Fsp3) is 0.462. The quantitative estimate of drug-likeness (QED) is 0.838. The fourth-order valence-corrected chi connectivity index (χ4v) is 1.91. The van der Waals surface area contributed by atoms with E-state index < -0.39 is 0 Å². The second-order valence-electron chi connectivity index (χ2n) is 4.34. The molecule has 2 aromatic heterocycles. The van der Waals surface area contributed by atoms with E-state index in [4.69, 9.17) is 0 Å². The van der Waals surface area contributed by atoms with Gasteiger partial charge in [0.25, 0.3) is 0 Å². The molecule has 1 atom stereocenters. The van der Waals surface area contributed by atoms with E-state index >= 15 is 0 Å². The van der Waals surface area contributed by atoms with Gasteiger partial charge in [0.05, 0.1) is 6.20 Å². The lowest BCUT2D eigenvalue weighted by Crippen LogP contribution is -2.25. The Labute approximate surface area is 107 Å². The molecule has 0 aliphatic heterocycles. The lowest BCUT2D eigenvalue weighted by atomic mass is 10.1. The van der Waals surface area contributed by atoms with E-state index in [1.54, 1.807) is 6.20 Å². The Hall–Kier alpha value is -1.75. The average molecular weight is 245 g/mol. The topological polar surface area (TPSA) is 55.6 Å². The van der Waals surface area contributed by atoms with E-state index in [1.807, 2.05) is 31.7 Å². The molecule has 0 radical (unpaired) electrons. The third-order valence-electron chi connectivity index (χ3n) is 2.96. The minimum atomic E-state index is 0.238. The SMILES string of the molecule is CCCNC(Cc1nccn1C)c1ccnnc1. The Balaban J connectivity index is 2.13. The van der Waals surface area contributed by atoms with Crippen LogP contribution in [0.25, 0.3) is 0 Å². The van der Waals surface area contributed by atoms with E-state index in [1.165, 1.54) is 0 Å². The van der Waals surface area contributed by atoms with Crippen molar-refractivity contribution in [2.75, 3.05) is 6.54 Å². The Bertz CT molecular complexity index is 465. The Morgan fingerprint density at radius 1 is 1.33 bits per heavy atom. The van der Waals surface area contributed by atoms with E-state index in [0.29, 0.717) is 0 Å². The van der Waals surface area contributed by atoms with Gasteiger partial charge >= 0.3 is 0 Å². The zero-order valence-corrected chi connectivity index (χ0v) is 10.9. The van der Waals surface area contributed by atoms with Crippen LogP contribution in [0.4, 0.5) is 0 Å². The van der Waals surface area contributed by atoms with Crippen LogP contribution >= 0.6 is 0 Å². The smallest absolute Gasteiger partial charge is 0.110 e. The molecule has 0 bridgehead atoms.